The highest BCUT2D eigenvalue weighted by molar-refractivity contribution is 5.79. The average Bonchev–Trinajstić information content (AvgIpc) is 1.81. The van der Waals surface area contributed by atoms with Crippen LogP contribution in [0.5, 0.6) is 0 Å². The third kappa shape index (κ3) is 1.01. The van der Waals surface area contributed by atoms with E-state index >= 15 is 0 Å². The van der Waals surface area contributed by atoms with Gasteiger partial charge in [-0.15, -0.1) is 0 Å². The van der Waals surface area contributed by atoms with E-state index in [-0.39, 0.29) is 5.41 Å². The van der Waals surface area contributed by atoms with E-state index in [2.05, 4.69) is 0 Å². The Morgan fingerprint density at radius 1 is 1.70 bits per heavy atom. The molecule has 0 aromatic rings. The number of hydrogen-bond acceptors (Lipinski definition) is 2. The molecule has 3 N–H and O–H groups in total. The van der Waals surface area contributed by atoms with Crippen LogP contribution in [-0.2, 0) is 4.79 Å². The molecule has 1 amide bonds. The highest BCUT2D eigenvalue weighted by atomic mass is 16.3. The smallest absolute Gasteiger partial charge is 0.246 e. The number of primary amides is 1. The maximum atomic E-state index is 10.5. The fourth-order valence-electron chi connectivity index (χ4n) is 1.35. The van der Waals surface area contributed by atoms with Gasteiger partial charge >= 0.3 is 0 Å². The molecule has 0 bridgehead atoms. The maximum Gasteiger partial charge on any atom is 0.246 e. The summed E-state index contributed by atoms with van der Waals surface area (Å²) < 4.78 is 0. The number of carbonyl (C=O) groups is 1. The number of aliphatic hydroxyl groups is 1. The van der Waals surface area contributed by atoms with Crippen molar-refractivity contribution in [2.45, 2.75) is 32.3 Å². The second-order valence-corrected chi connectivity index (χ2v) is 3.31. The van der Waals surface area contributed by atoms with Gasteiger partial charge in [-0.1, -0.05) is 13.3 Å². The van der Waals surface area contributed by atoms with Crippen LogP contribution in [0, 0.1) is 5.41 Å². The van der Waals surface area contributed by atoms with Gasteiger partial charge in [0.2, 0.25) is 5.91 Å². The zero-order chi connectivity index (χ0) is 7.78. The SMILES string of the molecule is CC1(C(O)C(N)=O)CCC1. The topological polar surface area (TPSA) is 63.3 Å². The molecule has 0 aliphatic heterocycles. The van der Waals surface area contributed by atoms with Crippen LogP contribution in [0.15, 0.2) is 0 Å². The molecule has 1 saturated carbocycles. The van der Waals surface area contributed by atoms with E-state index in [0.717, 1.165) is 19.3 Å². The Morgan fingerprint density at radius 2 is 2.20 bits per heavy atom. The second kappa shape index (κ2) is 2.23. The lowest BCUT2D eigenvalue weighted by Crippen LogP contribution is -2.46. The van der Waals surface area contributed by atoms with Gasteiger partial charge in [-0.2, -0.15) is 0 Å². The molecule has 1 aliphatic carbocycles. The fourth-order valence-corrected chi connectivity index (χ4v) is 1.35. The minimum Gasteiger partial charge on any atom is -0.383 e. The van der Waals surface area contributed by atoms with Crippen LogP contribution in [0.2, 0.25) is 0 Å². The quantitative estimate of drug-likeness (QED) is 0.572. The minimum atomic E-state index is -0.943. The zero-order valence-electron chi connectivity index (χ0n) is 6.13. The number of nitrogens with two attached hydrogens (primary N) is 1. The third-order valence-electron chi connectivity index (χ3n) is 2.43. The Balaban J connectivity index is 2.54. The number of amides is 1. The Bertz CT molecular complexity index is 152. The summed E-state index contributed by atoms with van der Waals surface area (Å²) in [6.45, 7) is 1.89. The van der Waals surface area contributed by atoms with Crippen molar-refractivity contribution in [1.82, 2.24) is 0 Å². The molecule has 0 aromatic heterocycles. The van der Waals surface area contributed by atoms with Gasteiger partial charge in [0.1, 0.15) is 6.10 Å². The highest BCUT2D eigenvalue weighted by Gasteiger charge is 2.41. The molecule has 58 valence electrons. The van der Waals surface area contributed by atoms with Crippen LogP contribution in [-0.4, -0.2) is 17.1 Å². The molecule has 3 nitrogen and oxygen atoms in total. The van der Waals surface area contributed by atoms with Crippen LogP contribution in [0.1, 0.15) is 26.2 Å². The van der Waals surface area contributed by atoms with Crippen molar-refractivity contribution >= 4 is 5.91 Å². The van der Waals surface area contributed by atoms with Crippen LogP contribution < -0.4 is 5.73 Å². The first kappa shape index (κ1) is 7.54. The summed E-state index contributed by atoms with van der Waals surface area (Å²) in [6.07, 6.45) is 1.98. The first-order chi connectivity index (χ1) is 4.56. The lowest BCUT2D eigenvalue weighted by molar-refractivity contribution is -0.136. The Hall–Kier alpha value is -0.570. The summed E-state index contributed by atoms with van der Waals surface area (Å²) in [5.41, 5.74) is 4.73. The van der Waals surface area contributed by atoms with E-state index < -0.39 is 12.0 Å². The normalized spacial score (nSPS) is 25.0. The lowest BCUT2D eigenvalue weighted by Gasteiger charge is -2.40. The van der Waals surface area contributed by atoms with Crippen LogP contribution in [0.4, 0.5) is 0 Å². The molecule has 1 rings (SSSR count). The van der Waals surface area contributed by atoms with Crippen LogP contribution in [0.25, 0.3) is 0 Å². The summed E-state index contributed by atoms with van der Waals surface area (Å²) in [5, 5.41) is 9.23. The third-order valence-corrected chi connectivity index (χ3v) is 2.43. The Labute approximate surface area is 60.2 Å². The zero-order valence-corrected chi connectivity index (χ0v) is 6.13. The molecule has 0 heterocycles. The first-order valence-electron chi connectivity index (χ1n) is 3.54. The minimum absolute atomic E-state index is 0.216. The number of aliphatic hydroxyl groups excluding tert-OH is 1. The van der Waals surface area contributed by atoms with E-state index in [1.165, 1.54) is 0 Å². The summed E-state index contributed by atoms with van der Waals surface area (Å²) in [4.78, 5) is 10.5. The van der Waals surface area contributed by atoms with Crippen molar-refractivity contribution in [2.75, 3.05) is 0 Å². The molecular weight excluding hydrogens is 130 g/mol. The monoisotopic (exact) mass is 143 g/mol. The van der Waals surface area contributed by atoms with Crippen molar-refractivity contribution < 1.29 is 9.90 Å². The van der Waals surface area contributed by atoms with E-state index in [1.807, 2.05) is 6.92 Å². The van der Waals surface area contributed by atoms with E-state index in [0.29, 0.717) is 0 Å². The molecule has 0 aromatic carbocycles. The van der Waals surface area contributed by atoms with Crippen molar-refractivity contribution in [3.63, 3.8) is 0 Å². The standard InChI is InChI=1S/C7H13NO2/c1-7(3-2-4-7)5(9)6(8)10/h5,9H,2-4H2,1H3,(H2,8,10). The predicted octanol–water partition coefficient (Wildman–Crippen LogP) is 0.0228. The molecule has 1 aliphatic rings. The molecular formula is C7H13NO2. The molecule has 1 fully saturated rings. The molecule has 0 saturated heterocycles. The Kier molecular flexibility index (Phi) is 1.68. The largest absolute Gasteiger partial charge is 0.383 e. The number of rotatable bonds is 2. The molecule has 1 atom stereocenters. The summed E-state index contributed by atoms with van der Waals surface area (Å²) in [5.74, 6) is -0.595. The van der Waals surface area contributed by atoms with Gasteiger partial charge in [-0.3, -0.25) is 4.79 Å². The first-order valence-corrected chi connectivity index (χ1v) is 3.54. The van der Waals surface area contributed by atoms with Crippen LogP contribution in [0.3, 0.4) is 0 Å². The van der Waals surface area contributed by atoms with Gasteiger partial charge in [0.15, 0.2) is 0 Å². The molecule has 0 radical (unpaired) electrons. The van der Waals surface area contributed by atoms with Gasteiger partial charge in [-0.05, 0) is 12.8 Å². The maximum absolute atomic E-state index is 10.5. The molecule has 3 heteroatoms. The number of carbonyl (C=O) groups excluding carboxylic acids is 1. The van der Waals surface area contributed by atoms with Crippen molar-refractivity contribution in [3.8, 4) is 0 Å². The summed E-state index contributed by atoms with van der Waals surface area (Å²) in [6, 6.07) is 0. The van der Waals surface area contributed by atoms with Gasteiger partial charge in [0, 0.05) is 5.41 Å². The molecule has 1 unspecified atom stereocenters. The summed E-state index contributed by atoms with van der Waals surface area (Å²) >= 11 is 0. The molecule has 10 heavy (non-hydrogen) atoms. The van der Waals surface area contributed by atoms with Gasteiger partial charge in [0.05, 0.1) is 0 Å². The lowest BCUT2D eigenvalue weighted by atomic mass is 9.66. The average molecular weight is 143 g/mol. The van der Waals surface area contributed by atoms with Crippen molar-refractivity contribution in [3.05, 3.63) is 0 Å². The number of hydrogen-bond donors (Lipinski definition) is 2. The van der Waals surface area contributed by atoms with E-state index in [1.54, 1.807) is 0 Å². The Morgan fingerprint density at radius 3 is 2.30 bits per heavy atom. The van der Waals surface area contributed by atoms with Crippen molar-refractivity contribution in [1.29, 1.82) is 0 Å². The van der Waals surface area contributed by atoms with Gasteiger partial charge < -0.3 is 10.8 Å². The van der Waals surface area contributed by atoms with Gasteiger partial charge in [0.25, 0.3) is 0 Å². The summed E-state index contributed by atoms with van der Waals surface area (Å²) in [7, 11) is 0. The fraction of sp³-hybridized carbons (Fsp3) is 0.857. The second-order valence-electron chi connectivity index (χ2n) is 3.31. The van der Waals surface area contributed by atoms with Gasteiger partial charge in [-0.25, -0.2) is 0 Å². The highest BCUT2D eigenvalue weighted by Crippen LogP contribution is 2.43. The van der Waals surface area contributed by atoms with E-state index in [9.17, 15) is 9.90 Å². The van der Waals surface area contributed by atoms with Crippen LogP contribution >= 0.6 is 0 Å². The molecule has 0 spiro atoms. The van der Waals surface area contributed by atoms with Crippen molar-refractivity contribution in [2.24, 2.45) is 11.1 Å². The van der Waals surface area contributed by atoms with E-state index in [4.69, 9.17) is 5.73 Å². The predicted molar refractivity (Wildman–Crippen MR) is 37.2 cm³/mol.